The van der Waals surface area contributed by atoms with Crippen LogP contribution in [0.1, 0.15) is 17.4 Å². The van der Waals surface area contributed by atoms with Gasteiger partial charge in [0.15, 0.2) is 11.3 Å². The number of benzene rings is 2. The van der Waals surface area contributed by atoms with Gasteiger partial charge in [-0.1, -0.05) is 0 Å². The number of aromatic hydroxyl groups is 1. The number of phenolic OH excluding ortho intramolecular Hbond substituents is 1. The molecule has 0 saturated heterocycles. The van der Waals surface area contributed by atoms with Crippen LogP contribution in [0.4, 0.5) is 10.1 Å². The maximum absolute atomic E-state index is 14.3. The van der Waals surface area contributed by atoms with Crippen molar-refractivity contribution in [3.8, 4) is 22.8 Å². The highest BCUT2D eigenvalue weighted by molar-refractivity contribution is 6.03. The highest BCUT2D eigenvalue weighted by Gasteiger charge is 2.16. The Labute approximate surface area is 165 Å². The number of ether oxygens (including phenoxy) is 1. The van der Waals surface area contributed by atoms with Crippen LogP contribution in [0.5, 0.6) is 11.5 Å². The van der Waals surface area contributed by atoms with E-state index in [9.17, 15) is 14.3 Å². The molecule has 4 aromatic rings. The first kappa shape index (κ1) is 18.4. The van der Waals surface area contributed by atoms with Crippen molar-refractivity contribution in [2.24, 2.45) is 0 Å². The van der Waals surface area contributed by atoms with Crippen LogP contribution < -0.4 is 10.1 Å². The third kappa shape index (κ3) is 3.73. The maximum Gasteiger partial charge on any atom is 0.276 e. The molecule has 8 heteroatoms. The van der Waals surface area contributed by atoms with Crippen LogP contribution in [-0.4, -0.2) is 32.2 Å². The number of rotatable bonds is 5. The van der Waals surface area contributed by atoms with Gasteiger partial charge < -0.3 is 15.2 Å². The van der Waals surface area contributed by atoms with Crippen LogP contribution >= 0.6 is 0 Å². The zero-order valence-corrected chi connectivity index (χ0v) is 15.5. The molecule has 146 valence electrons. The summed E-state index contributed by atoms with van der Waals surface area (Å²) in [4.78, 5) is 16.8. The van der Waals surface area contributed by atoms with Gasteiger partial charge in [-0.25, -0.2) is 13.9 Å². The third-order valence-corrected chi connectivity index (χ3v) is 4.24. The minimum atomic E-state index is -0.603. The molecular formula is C21H17FN4O3. The molecule has 0 aliphatic heterocycles. The second-order valence-corrected chi connectivity index (χ2v) is 6.21. The first-order valence-electron chi connectivity index (χ1n) is 8.93. The monoisotopic (exact) mass is 392 g/mol. The lowest BCUT2D eigenvalue weighted by Crippen LogP contribution is -2.12. The lowest BCUT2D eigenvalue weighted by atomic mass is 10.1. The first-order valence-corrected chi connectivity index (χ1v) is 8.93. The van der Waals surface area contributed by atoms with Crippen LogP contribution in [0, 0.1) is 5.82 Å². The molecular weight excluding hydrogens is 375 g/mol. The number of phenols is 1. The molecule has 2 aromatic heterocycles. The Morgan fingerprint density at radius 2 is 1.97 bits per heavy atom. The molecule has 2 N–H and O–H groups in total. The summed E-state index contributed by atoms with van der Waals surface area (Å²) in [5.41, 5.74) is 1.77. The van der Waals surface area contributed by atoms with Gasteiger partial charge >= 0.3 is 0 Å². The van der Waals surface area contributed by atoms with Gasteiger partial charge in [-0.15, -0.1) is 0 Å². The number of hydrogen-bond acceptors (Lipinski definition) is 5. The van der Waals surface area contributed by atoms with E-state index < -0.39 is 11.7 Å². The van der Waals surface area contributed by atoms with Crippen molar-refractivity contribution >= 4 is 17.2 Å². The number of fused-ring (bicyclic) bond motifs is 1. The van der Waals surface area contributed by atoms with Crippen LogP contribution in [0.25, 0.3) is 16.9 Å². The Hall–Kier alpha value is -3.94. The third-order valence-electron chi connectivity index (χ3n) is 4.24. The summed E-state index contributed by atoms with van der Waals surface area (Å²) in [6, 6.07) is 13.9. The number of amides is 1. The highest BCUT2D eigenvalue weighted by atomic mass is 19.1. The normalized spacial score (nSPS) is 10.8. The molecule has 0 bridgehead atoms. The number of nitrogens with one attached hydrogen (secondary N) is 1. The standard InChI is InChI=1S/C21H17FN4O3/c1-2-29-15-6-3-13(4-7-15)24-21(28)18-12-20-23-10-9-19(26(20)25-18)16-8-5-14(27)11-17(16)22/h3-12,27H,2H2,1H3,(H,24,28). The van der Waals surface area contributed by atoms with E-state index in [2.05, 4.69) is 15.4 Å². The molecule has 2 aromatic carbocycles. The van der Waals surface area contributed by atoms with E-state index in [4.69, 9.17) is 4.74 Å². The number of nitrogens with zero attached hydrogens (tertiary/aromatic N) is 3. The number of hydrogen-bond donors (Lipinski definition) is 2. The molecule has 0 aliphatic carbocycles. The topological polar surface area (TPSA) is 88.8 Å². The number of anilines is 1. The van der Waals surface area contributed by atoms with Crippen molar-refractivity contribution in [2.75, 3.05) is 11.9 Å². The van der Waals surface area contributed by atoms with Gasteiger partial charge in [-0.05, 0) is 49.4 Å². The molecule has 4 rings (SSSR count). The van der Waals surface area contributed by atoms with Gasteiger partial charge in [0.05, 0.1) is 12.3 Å². The second kappa shape index (κ2) is 7.59. The molecule has 0 radical (unpaired) electrons. The quantitative estimate of drug-likeness (QED) is 0.538. The fourth-order valence-corrected chi connectivity index (χ4v) is 2.92. The van der Waals surface area contributed by atoms with Crippen LogP contribution in [0.15, 0.2) is 60.8 Å². The smallest absolute Gasteiger partial charge is 0.276 e. The zero-order valence-electron chi connectivity index (χ0n) is 15.5. The molecule has 29 heavy (non-hydrogen) atoms. The van der Waals surface area contributed by atoms with Gasteiger partial charge in [-0.3, -0.25) is 4.79 Å². The predicted octanol–water partition coefficient (Wildman–Crippen LogP) is 3.89. The van der Waals surface area contributed by atoms with E-state index in [1.165, 1.54) is 28.9 Å². The molecule has 0 saturated carbocycles. The van der Waals surface area contributed by atoms with Crippen molar-refractivity contribution < 1.29 is 19.0 Å². The van der Waals surface area contributed by atoms with Crippen molar-refractivity contribution in [3.63, 3.8) is 0 Å². The fourth-order valence-electron chi connectivity index (χ4n) is 2.92. The summed E-state index contributed by atoms with van der Waals surface area (Å²) < 4.78 is 21.1. The second-order valence-electron chi connectivity index (χ2n) is 6.21. The fraction of sp³-hybridized carbons (Fsp3) is 0.0952. The number of carbonyl (C=O) groups is 1. The number of halogens is 1. The first-order chi connectivity index (χ1) is 14.0. The van der Waals surface area contributed by atoms with E-state index in [1.807, 2.05) is 6.92 Å². The minimum absolute atomic E-state index is 0.137. The minimum Gasteiger partial charge on any atom is -0.508 e. The van der Waals surface area contributed by atoms with Gasteiger partial charge in [0.1, 0.15) is 17.3 Å². The summed E-state index contributed by atoms with van der Waals surface area (Å²) >= 11 is 0. The zero-order chi connectivity index (χ0) is 20.4. The summed E-state index contributed by atoms with van der Waals surface area (Å²) in [5.74, 6) is -0.486. The Kier molecular flexibility index (Phi) is 4.82. The molecule has 0 fully saturated rings. The maximum atomic E-state index is 14.3. The molecule has 7 nitrogen and oxygen atoms in total. The molecule has 1 amide bonds. The van der Waals surface area contributed by atoms with E-state index >= 15 is 0 Å². The molecule has 2 heterocycles. The average molecular weight is 392 g/mol. The lowest BCUT2D eigenvalue weighted by Gasteiger charge is -2.06. The Morgan fingerprint density at radius 1 is 1.17 bits per heavy atom. The summed E-state index contributed by atoms with van der Waals surface area (Å²) in [6.07, 6.45) is 1.51. The van der Waals surface area contributed by atoms with Crippen LogP contribution in [0.2, 0.25) is 0 Å². The SMILES string of the molecule is CCOc1ccc(NC(=O)c2cc3nccc(-c4ccc(O)cc4F)n3n2)cc1. The molecule has 0 aliphatic rings. The Balaban J connectivity index is 1.64. The van der Waals surface area contributed by atoms with Gasteiger partial charge in [0, 0.05) is 29.6 Å². The number of carbonyl (C=O) groups excluding carboxylic acids is 1. The van der Waals surface area contributed by atoms with Crippen molar-refractivity contribution in [3.05, 3.63) is 72.3 Å². The van der Waals surface area contributed by atoms with Crippen molar-refractivity contribution in [2.45, 2.75) is 6.92 Å². The predicted molar refractivity (Wildman–Crippen MR) is 106 cm³/mol. The van der Waals surface area contributed by atoms with Gasteiger partial charge in [0.2, 0.25) is 0 Å². The van der Waals surface area contributed by atoms with Gasteiger partial charge in [0.25, 0.3) is 5.91 Å². The summed E-state index contributed by atoms with van der Waals surface area (Å²) in [6.45, 7) is 2.45. The van der Waals surface area contributed by atoms with Gasteiger partial charge in [-0.2, -0.15) is 5.10 Å². The van der Waals surface area contributed by atoms with Crippen LogP contribution in [-0.2, 0) is 0 Å². The lowest BCUT2D eigenvalue weighted by molar-refractivity contribution is 0.102. The van der Waals surface area contributed by atoms with E-state index in [-0.39, 0.29) is 17.0 Å². The average Bonchev–Trinajstić information content (AvgIpc) is 3.15. The molecule has 0 unspecified atom stereocenters. The molecule has 0 atom stereocenters. The summed E-state index contributed by atoms with van der Waals surface area (Å²) in [7, 11) is 0. The summed E-state index contributed by atoms with van der Waals surface area (Å²) in [5, 5.41) is 16.5. The number of aromatic nitrogens is 3. The van der Waals surface area contributed by atoms with Crippen molar-refractivity contribution in [1.29, 1.82) is 0 Å². The molecule has 0 spiro atoms. The van der Waals surface area contributed by atoms with E-state index in [0.29, 0.717) is 29.4 Å². The van der Waals surface area contributed by atoms with Crippen molar-refractivity contribution in [1.82, 2.24) is 14.6 Å². The van der Waals surface area contributed by atoms with E-state index in [0.717, 1.165) is 6.07 Å². The largest absolute Gasteiger partial charge is 0.508 e. The van der Waals surface area contributed by atoms with Crippen LogP contribution in [0.3, 0.4) is 0 Å². The highest BCUT2D eigenvalue weighted by Crippen LogP contribution is 2.26. The van der Waals surface area contributed by atoms with E-state index in [1.54, 1.807) is 30.3 Å². The Bertz CT molecular complexity index is 1190. The Morgan fingerprint density at radius 3 is 2.69 bits per heavy atom.